The fourth-order valence-corrected chi connectivity index (χ4v) is 4.29. The van der Waals surface area contributed by atoms with Gasteiger partial charge in [-0.05, 0) is 48.8 Å². The molecule has 1 unspecified atom stereocenters. The highest BCUT2D eigenvalue weighted by atomic mass is 16.3. The smallest absolute Gasteiger partial charge is 0.119 e. The molecule has 156 valence electrons. The van der Waals surface area contributed by atoms with E-state index in [0.29, 0.717) is 11.7 Å². The lowest BCUT2D eigenvalue weighted by molar-refractivity contribution is 0.459. The Bertz CT molecular complexity index is 465. The molecule has 1 N–H and O–H groups in total. The van der Waals surface area contributed by atoms with Gasteiger partial charge in [0.2, 0.25) is 0 Å². The summed E-state index contributed by atoms with van der Waals surface area (Å²) in [5.74, 6) is 1.15. The number of unbranched alkanes of at least 4 members (excludes halogenated alkanes) is 10. The summed E-state index contributed by atoms with van der Waals surface area (Å²) >= 11 is 0. The second kappa shape index (κ2) is 16.0. The number of hydrogen-bond donors (Lipinski definition) is 1. The van der Waals surface area contributed by atoms with Crippen LogP contribution in [-0.4, -0.2) is 5.11 Å². The quantitative estimate of drug-likeness (QED) is 0.270. The minimum absolute atomic E-state index is 0.529. The molecule has 1 heteroatoms. The van der Waals surface area contributed by atoms with Crippen molar-refractivity contribution in [2.24, 2.45) is 0 Å². The van der Waals surface area contributed by atoms with Gasteiger partial charge in [-0.15, -0.1) is 0 Å². The van der Waals surface area contributed by atoms with Crippen LogP contribution >= 0.6 is 0 Å². The summed E-state index contributed by atoms with van der Waals surface area (Å²) in [5, 5.41) is 10.5. The van der Waals surface area contributed by atoms with E-state index in [1.807, 2.05) is 12.1 Å². The largest absolute Gasteiger partial charge is 0.508 e. The fraction of sp³-hybridized carbons (Fsp3) is 0.769. The lowest BCUT2D eigenvalue weighted by atomic mass is 9.85. The SMILES string of the molecule is CCCCCCCCCCCCc1c(O)cccc1C(CCC)CCCC. The molecular weight excluding hydrogens is 328 g/mol. The van der Waals surface area contributed by atoms with E-state index in [4.69, 9.17) is 0 Å². The van der Waals surface area contributed by atoms with Crippen molar-refractivity contribution in [1.29, 1.82) is 0 Å². The van der Waals surface area contributed by atoms with E-state index in [2.05, 4.69) is 26.8 Å². The molecule has 27 heavy (non-hydrogen) atoms. The van der Waals surface area contributed by atoms with Gasteiger partial charge in [0.05, 0.1) is 0 Å². The maximum atomic E-state index is 10.5. The van der Waals surface area contributed by atoms with Gasteiger partial charge in [-0.2, -0.15) is 0 Å². The highest BCUT2D eigenvalue weighted by molar-refractivity contribution is 5.41. The Balaban J connectivity index is 2.41. The second-order valence-electron chi connectivity index (χ2n) is 8.40. The third kappa shape index (κ3) is 10.2. The molecule has 1 aromatic rings. The Hall–Kier alpha value is -0.980. The third-order valence-electron chi connectivity index (χ3n) is 5.95. The molecule has 0 aromatic heterocycles. The van der Waals surface area contributed by atoms with Gasteiger partial charge in [0, 0.05) is 0 Å². The number of rotatable bonds is 17. The van der Waals surface area contributed by atoms with Crippen LogP contribution in [0.5, 0.6) is 5.75 Å². The Labute approximate surface area is 170 Å². The Kier molecular flexibility index (Phi) is 14.3. The molecule has 0 fully saturated rings. The number of hydrogen-bond acceptors (Lipinski definition) is 1. The van der Waals surface area contributed by atoms with Crippen LogP contribution in [-0.2, 0) is 6.42 Å². The van der Waals surface area contributed by atoms with Gasteiger partial charge < -0.3 is 5.11 Å². The van der Waals surface area contributed by atoms with Crippen molar-refractivity contribution in [2.75, 3.05) is 0 Å². The molecule has 1 rings (SSSR count). The van der Waals surface area contributed by atoms with Gasteiger partial charge in [0.1, 0.15) is 5.75 Å². The van der Waals surface area contributed by atoms with Crippen molar-refractivity contribution >= 4 is 0 Å². The summed E-state index contributed by atoms with van der Waals surface area (Å²) < 4.78 is 0. The summed E-state index contributed by atoms with van der Waals surface area (Å²) in [6.07, 6.45) is 21.0. The molecule has 0 amide bonds. The van der Waals surface area contributed by atoms with Gasteiger partial charge in [-0.25, -0.2) is 0 Å². The molecule has 0 spiro atoms. The topological polar surface area (TPSA) is 20.2 Å². The van der Waals surface area contributed by atoms with Gasteiger partial charge in [-0.3, -0.25) is 0 Å². The Morgan fingerprint density at radius 2 is 1.26 bits per heavy atom. The zero-order valence-corrected chi connectivity index (χ0v) is 18.6. The van der Waals surface area contributed by atoms with Gasteiger partial charge in [-0.1, -0.05) is 110 Å². The number of benzene rings is 1. The lowest BCUT2D eigenvalue weighted by Gasteiger charge is -2.21. The fourth-order valence-electron chi connectivity index (χ4n) is 4.29. The van der Waals surface area contributed by atoms with E-state index in [0.717, 1.165) is 6.42 Å². The summed E-state index contributed by atoms with van der Waals surface area (Å²) in [5.41, 5.74) is 2.67. The molecule has 1 aromatic carbocycles. The number of phenols is 1. The normalized spacial score (nSPS) is 12.4. The van der Waals surface area contributed by atoms with Crippen LogP contribution in [0.3, 0.4) is 0 Å². The van der Waals surface area contributed by atoms with E-state index in [1.54, 1.807) is 0 Å². The van der Waals surface area contributed by atoms with Crippen LogP contribution in [0.4, 0.5) is 0 Å². The monoisotopic (exact) mass is 374 g/mol. The van der Waals surface area contributed by atoms with Crippen molar-refractivity contribution in [2.45, 2.75) is 129 Å². The molecular formula is C26H46O. The molecule has 1 nitrogen and oxygen atoms in total. The third-order valence-corrected chi connectivity index (χ3v) is 5.95. The zero-order valence-electron chi connectivity index (χ0n) is 18.6. The molecule has 0 saturated carbocycles. The predicted molar refractivity (Wildman–Crippen MR) is 121 cm³/mol. The first-order chi connectivity index (χ1) is 13.2. The summed E-state index contributed by atoms with van der Waals surface area (Å²) in [6, 6.07) is 6.21. The van der Waals surface area contributed by atoms with Crippen molar-refractivity contribution in [3.8, 4) is 5.75 Å². The maximum Gasteiger partial charge on any atom is 0.119 e. The molecule has 0 radical (unpaired) electrons. The van der Waals surface area contributed by atoms with Crippen LogP contribution in [0.1, 0.15) is 134 Å². The molecule has 0 aliphatic rings. The average Bonchev–Trinajstić information content (AvgIpc) is 2.67. The van der Waals surface area contributed by atoms with Gasteiger partial charge in [0.15, 0.2) is 0 Å². The molecule has 0 saturated heterocycles. The van der Waals surface area contributed by atoms with E-state index in [-0.39, 0.29) is 0 Å². The highest BCUT2D eigenvalue weighted by Crippen LogP contribution is 2.34. The molecule has 0 heterocycles. The van der Waals surface area contributed by atoms with E-state index in [1.165, 1.54) is 107 Å². The van der Waals surface area contributed by atoms with E-state index >= 15 is 0 Å². The van der Waals surface area contributed by atoms with Crippen molar-refractivity contribution in [1.82, 2.24) is 0 Å². The van der Waals surface area contributed by atoms with Crippen molar-refractivity contribution in [3.63, 3.8) is 0 Å². The summed E-state index contributed by atoms with van der Waals surface area (Å²) in [6.45, 7) is 6.84. The minimum Gasteiger partial charge on any atom is -0.508 e. The first-order valence-electron chi connectivity index (χ1n) is 12.0. The first kappa shape index (κ1) is 24.1. The van der Waals surface area contributed by atoms with Crippen LogP contribution in [0, 0.1) is 0 Å². The molecule has 0 aliphatic heterocycles. The zero-order chi connectivity index (χ0) is 19.7. The van der Waals surface area contributed by atoms with Crippen LogP contribution in [0.15, 0.2) is 18.2 Å². The molecule has 0 aliphatic carbocycles. The Morgan fingerprint density at radius 3 is 1.85 bits per heavy atom. The van der Waals surface area contributed by atoms with Crippen LogP contribution in [0.25, 0.3) is 0 Å². The van der Waals surface area contributed by atoms with E-state index < -0.39 is 0 Å². The summed E-state index contributed by atoms with van der Waals surface area (Å²) in [4.78, 5) is 0. The second-order valence-corrected chi connectivity index (χ2v) is 8.40. The number of aromatic hydroxyl groups is 1. The first-order valence-corrected chi connectivity index (χ1v) is 12.0. The Morgan fingerprint density at radius 1 is 0.667 bits per heavy atom. The maximum absolute atomic E-state index is 10.5. The molecule has 0 bridgehead atoms. The van der Waals surface area contributed by atoms with Gasteiger partial charge in [0.25, 0.3) is 0 Å². The molecule has 1 atom stereocenters. The average molecular weight is 375 g/mol. The van der Waals surface area contributed by atoms with Crippen LogP contribution < -0.4 is 0 Å². The van der Waals surface area contributed by atoms with Gasteiger partial charge >= 0.3 is 0 Å². The minimum atomic E-state index is 0.529. The standard InChI is InChI=1S/C26H46O/c1-4-7-9-10-11-12-13-14-15-16-20-25-24(21-17-22-26(25)27)23(18-6-3)19-8-5-2/h17,21-23,27H,4-16,18-20H2,1-3H3. The predicted octanol–water partition coefficient (Wildman–Crippen LogP) is 8.93. The van der Waals surface area contributed by atoms with E-state index in [9.17, 15) is 5.11 Å². The summed E-state index contributed by atoms with van der Waals surface area (Å²) in [7, 11) is 0. The lowest BCUT2D eigenvalue weighted by Crippen LogP contribution is -2.04. The number of phenolic OH excluding ortho intramolecular Hbond substituents is 1. The van der Waals surface area contributed by atoms with Crippen LogP contribution in [0.2, 0.25) is 0 Å². The highest BCUT2D eigenvalue weighted by Gasteiger charge is 2.16. The van der Waals surface area contributed by atoms with Crippen molar-refractivity contribution in [3.05, 3.63) is 29.3 Å². The van der Waals surface area contributed by atoms with Crippen molar-refractivity contribution < 1.29 is 5.11 Å².